The standard InChI is InChI=1S/C15H19ClN2O5S/c16-13-3-4-14-12(8-13)10-18(6-7-23-14)24(21,22)17-5-1-2-11(9-17)15(19)20/h3-4,8,11H,1-2,5-7,9-10H2,(H,19,20). The van der Waals surface area contributed by atoms with Gasteiger partial charge in [-0.3, -0.25) is 4.79 Å². The Morgan fingerprint density at radius 3 is 2.83 bits per heavy atom. The number of nitrogens with zero attached hydrogens (tertiary/aromatic N) is 2. The Hall–Kier alpha value is -1.35. The molecule has 2 heterocycles. The van der Waals surface area contributed by atoms with Gasteiger partial charge in [0.25, 0.3) is 10.2 Å². The lowest BCUT2D eigenvalue weighted by Gasteiger charge is -2.33. The molecule has 9 heteroatoms. The Kier molecular flexibility index (Phi) is 5.00. The lowest BCUT2D eigenvalue weighted by atomic mass is 10.0. The summed E-state index contributed by atoms with van der Waals surface area (Å²) in [6.45, 7) is 0.961. The van der Waals surface area contributed by atoms with Crippen LogP contribution in [0.15, 0.2) is 18.2 Å². The Balaban J connectivity index is 1.83. The van der Waals surface area contributed by atoms with Crippen molar-refractivity contribution in [3.05, 3.63) is 28.8 Å². The van der Waals surface area contributed by atoms with Gasteiger partial charge < -0.3 is 9.84 Å². The van der Waals surface area contributed by atoms with Gasteiger partial charge in [-0.25, -0.2) is 0 Å². The molecule has 1 atom stereocenters. The van der Waals surface area contributed by atoms with Crippen LogP contribution in [0.5, 0.6) is 5.75 Å². The van der Waals surface area contributed by atoms with E-state index in [1.54, 1.807) is 18.2 Å². The maximum atomic E-state index is 12.9. The average Bonchev–Trinajstić information content (AvgIpc) is 2.77. The summed E-state index contributed by atoms with van der Waals surface area (Å²) in [6, 6.07) is 5.13. The molecular formula is C15H19ClN2O5S. The van der Waals surface area contributed by atoms with E-state index >= 15 is 0 Å². The number of carbonyl (C=O) groups is 1. The molecule has 0 amide bonds. The molecule has 24 heavy (non-hydrogen) atoms. The molecule has 2 aliphatic rings. The molecule has 0 aromatic heterocycles. The molecule has 0 aliphatic carbocycles. The van der Waals surface area contributed by atoms with E-state index in [-0.39, 0.29) is 26.2 Å². The van der Waals surface area contributed by atoms with Gasteiger partial charge in [-0.05, 0) is 31.0 Å². The van der Waals surface area contributed by atoms with Crippen molar-refractivity contribution >= 4 is 27.8 Å². The minimum absolute atomic E-state index is 0.0113. The topological polar surface area (TPSA) is 87.2 Å². The van der Waals surface area contributed by atoms with Crippen molar-refractivity contribution in [2.24, 2.45) is 5.92 Å². The Labute approximate surface area is 145 Å². The van der Waals surface area contributed by atoms with Gasteiger partial charge in [-0.15, -0.1) is 0 Å². The van der Waals surface area contributed by atoms with Crippen LogP contribution in [0.1, 0.15) is 18.4 Å². The second-order valence-electron chi connectivity index (χ2n) is 5.98. The monoisotopic (exact) mass is 374 g/mol. The summed E-state index contributed by atoms with van der Waals surface area (Å²) in [5.41, 5.74) is 0.704. The van der Waals surface area contributed by atoms with Crippen LogP contribution < -0.4 is 4.74 Å². The molecule has 1 unspecified atom stereocenters. The van der Waals surface area contributed by atoms with Gasteiger partial charge in [0, 0.05) is 36.8 Å². The quantitative estimate of drug-likeness (QED) is 0.867. The third-order valence-electron chi connectivity index (χ3n) is 4.35. The van der Waals surface area contributed by atoms with Crippen LogP contribution in [-0.2, 0) is 21.5 Å². The number of rotatable bonds is 3. The molecule has 1 saturated heterocycles. The minimum Gasteiger partial charge on any atom is -0.492 e. The van der Waals surface area contributed by atoms with E-state index in [4.69, 9.17) is 21.4 Å². The number of benzene rings is 1. The summed E-state index contributed by atoms with van der Waals surface area (Å²) >= 11 is 6.00. The van der Waals surface area contributed by atoms with Gasteiger partial charge in [0.05, 0.1) is 5.92 Å². The third kappa shape index (κ3) is 3.51. The molecular weight excluding hydrogens is 356 g/mol. The van der Waals surface area contributed by atoms with Gasteiger partial charge in [0.2, 0.25) is 0 Å². The first kappa shape index (κ1) is 17.5. The Morgan fingerprint density at radius 1 is 1.29 bits per heavy atom. The minimum atomic E-state index is -3.75. The molecule has 7 nitrogen and oxygen atoms in total. The van der Waals surface area contributed by atoms with Gasteiger partial charge in [-0.1, -0.05) is 11.6 Å². The van der Waals surface area contributed by atoms with E-state index in [1.807, 2.05) is 0 Å². The largest absolute Gasteiger partial charge is 0.492 e. The Morgan fingerprint density at radius 2 is 2.08 bits per heavy atom. The van der Waals surface area contributed by atoms with Crippen molar-refractivity contribution in [2.75, 3.05) is 26.2 Å². The molecule has 0 bridgehead atoms. The highest BCUT2D eigenvalue weighted by Crippen LogP contribution is 2.29. The number of carboxylic acid groups (broad SMARTS) is 1. The smallest absolute Gasteiger partial charge is 0.307 e. The molecule has 1 fully saturated rings. The van der Waals surface area contributed by atoms with Crippen LogP contribution in [0, 0.1) is 5.92 Å². The van der Waals surface area contributed by atoms with E-state index in [2.05, 4.69) is 0 Å². The highest BCUT2D eigenvalue weighted by Gasteiger charge is 2.36. The number of carboxylic acids is 1. The van der Waals surface area contributed by atoms with Crippen LogP contribution in [-0.4, -0.2) is 54.3 Å². The van der Waals surface area contributed by atoms with Crippen molar-refractivity contribution in [3.8, 4) is 5.75 Å². The maximum absolute atomic E-state index is 12.9. The van der Waals surface area contributed by atoms with Crippen LogP contribution in [0.3, 0.4) is 0 Å². The number of aliphatic carboxylic acids is 1. The number of hydrogen-bond donors (Lipinski definition) is 1. The summed E-state index contributed by atoms with van der Waals surface area (Å²) < 4.78 is 34.1. The first-order valence-electron chi connectivity index (χ1n) is 7.77. The zero-order valence-electron chi connectivity index (χ0n) is 13.0. The van der Waals surface area contributed by atoms with Crippen molar-refractivity contribution in [2.45, 2.75) is 19.4 Å². The summed E-state index contributed by atoms with van der Waals surface area (Å²) in [7, 11) is -3.75. The van der Waals surface area contributed by atoms with E-state index in [9.17, 15) is 13.2 Å². The SMILES string of the molecule is O=C(O)C1CCCN(S(=O)(=O)N2CCOc3ccc(Cl)cc3C2)C1. The number of halogens is 1. The van der Waals surface area contributed by atoms with Gasteiger partial charge >= 0.3 is 5.97 Å². The maximum Gasteiger partial charge on any atom is 0.307 e. The zero-order valence-corrected chi connectivity index (χ0v) is 14.6. The molecule has 1 aromatic carbocycles. The van der Waals surface area contributed by atoms with Gasteiger partial charge in [0.15, 0.2) is 0 Å². The predicted molar refractivity (Wildman–Crippen MR) is 88.2 cm³/mol. The molecule has 0 radical (unpaired) electrons. The molecule has 1 N–H and O–H groups in total. The number of fused-ring (bicyclic) bond motifs is 1. The fraction of sp³-hybridized carbons (Fsp3) is 0.533. The van der Waals surface area contributed by atoms with Crippen LogP contribution in [0.4, 0.5) is 0 Å². The lowest BCUT2D eigenvalue weighted by Crippen LogP contribution is -2.49. The number of ether oxygens (including phenoxy) is 1. The molecule has 3 rings (SSSR count). The van der Waals surface area contributed by atoms with Crippen molar-refractivity contribution in [1.29, 1.82) is 0 Å². The van der Waals surface area contributed by atoms with E-state index < -0.39 is 22.1 Å². The number of hydrogen-bond acceptors (Lipinski definition) is 4. The first-order valence-corrected chi connectivity index (χ1v) is 9.54. The fourth-order valence-electron chi connectivity index (χ4n) is 3.05. The molecule has 0 saturated carbocycles. The van der Waals surface area contributed by atoms with Crippen molar-refractivity contribution in [1.82, 2.24) is 8.61 Å². The summed E-state index contributed by atoms with van der Waals surface area (Å²) in [5, 5.41) is 9.68. The second-order valence-corrected chi connectivity index (χ2v) is 8.34. The number of piperidine rings is 1. The van der Waals surface area contributed by atoms with Gasteiger partial charge in [0.1, 0.15) is 12.4 Å². The normalized spacial score (nSPS) is 23.1. The third-order valence-corrected chi connectivity index (χ3v) is 6.54. The second kappa shape index (κ2) is 6.87. The summed E-state index contributed by atoms with van der Waals surface area (Å²) in [5.74, 6) is -0.983. The van der Waals surface area contributed by atoms with Gasteiger partial charge in [-0.2, -0.15) is 17.0 Å². The molecule has 1 aromatic rings. The Bertz CT molecular complexity index is 739. The zero-order chi connectivity index (χ0) is 17.3. The highest BCUT2D eigenvalue weighted by molar-refractivity contribution is 7.86. The first-order chi connectivity index (χ1) is 11.4. The molecule has 2 aliphatic heterocycles. The van der Waals surface area contributed by atoms with E-state index in [0.717, 1.165) is 0 Å². The van der Waals surface area contributed by atoms with Crippen LogP contribution >= 0.6 is 11.6 Å². The van der Waals surface area contributed by atoms with Crippen molar-refractivity contribution < 1.29 is 23.1 Å². The average molecular weight is 375 g/mol. The van der Waals surface area contributed by atoms with Crippen LogP contribution in [0.25, 0.3) is 0 Å². The molecule has 132 valence electrons. The fourth-order valence-corrected chi connectivity index (χ4v) is 4.91. The van der Waals surface area contributed by atoms with E-state index in [1.165, 1.54) is 8.61 Å². The summed E-state index contributed by atoms with van der Waals surface area (Å²) in [6.07, 6.45) is 1.05. The predicted octanol–water partition coefficient (Wildman–Crippen LogP) is 1.58. The van der Waals surface area contributed by atoms with E-state index in [0.29, 0.717) is 35.7 Å². The highest BCUT2D eigenvalue weighted by atomic mass is 35.5. The van der Waals surface area contributed by atoms with Crippen molar-refractivity contribution in [3.63, 3.8) is 0 Å². The lowest BCUT2D eigenvalue weighted by molar-refractivity contribution is -0.142. The molecule has 0 spiro atoms. The summed E-state index contributed by atoms with van der Waals surface area (Å²) in [4.78, 5) is 11.2. The van der Waals surface area contributed by atoms with Crippen LogP contribution in [0.2, 0.25) is 5.02 Å².